The van der Waals surface area contributed by atoms with Gasteiger partial charge in [0.05, 0.1) is 11.4 Å². The van der Waals surface area contributed by atoms with E-state index >= 15 is 0 Å². The van der Waals surface area contributed by atoms with Gasteiger partial charge in [-0.25, -0.2) is 10.5 Å². The lowest BCUT2D eigenvalue weighted by Crippen LogP contribution is -2.13. The van der Waals surface area contributed by atoms with Crippen molar-refractivity contribution in [1.29, 1.82) is 0 Å². The van der Waals surface area contributed by atoms with Crippen molar-refractivity contribution in [1.82, 2.24) is 20.2 Å². The van der Waals surface area contributed by atoms with E-state index in [4.69, 9.17) is 0 Å². The third kappa shape index (κ3) is 7.23. The van der Waals surface area contributed by atoms with Crippen molar-refractivity contribution in [3.05, 3.63) is 54.4 Å². The van der Waals surface area contributed by atoms with E-state index in [9.17, 15) is 9.59 Å². The third-order valence-corrected chi connectivity index (χ3v) is 4.71. The average molecular weight is 439 g/mol. The largest absolute Gasteiger partial charge is 0.326 e. The molecule has 2 aromatic heterocycles. The summed E-state index contributed by atoms with van der Waals surface area (Å²) in [6.07, 6.45) is 1.98. The molecule has 11 heteroatoms. The fourth-order valence-corrected chi connectivity index (χ4v) is 3.20. The highest BCUT2D eigenvalue weighted by Gasteiger charge is 2.08. The number of amides is 2. The number of benzene rings is 1. The predicted octanol–water partition coefficient (Wildman–Crippen LogP) is 3.12. The summed E-state index contributed by atoms with van der Waals surface area (Å²) in [5.41, 5.74) is 5.53. The molecule has 2 amide bonds. The fourth-order valence-electron chi connectivity index (χ4n) is 2.47. The number of thioether (sulfide) groups is 1. The van der Waals surface area contributed by atoms with Gasteiger partial charge in [-0.15, -0.1) is 5.10 Å². The minimum Gasteiger partial charge on any atom is -0.326 e. The van der Waals surface area contributed by atoms with Gasteiger partial charge in [0.2, 0.25) is 22.9 Å². The van der Waals surface area contributed by atoms with E-state index in [0.29, 0.717) is 33.9 Å². The smallest absolute Gasteiger partial charge is 0.240 e. The van der Waals surface area contributed by atoms with Crippen LogP contribution in [-0.2, 0) is 9.59 Å². The van der Waals surface area contributed by atoms with E-state index in [0.717, 1.165) is 5.69 Å². The highest BCUT2D eigenvalue weighted by atomic mass is 32.2. The highest BCUT2D eigenvalue weighted by Crippen LogP contribution is 2.18. The predicted molar refractivity (Wildman–Crippen MR) is 121 cm³/mol. The zero-order valence-electron chi connectivity index (χ0n) is 17.0. The number of aromatic nitrogens is 4. The zero-order chi connectivity index (χ0) is 22.1. The number of carbonyl (C=O) groups is 2. The maximum absolute atomic E-state index is 12.2. The molecule has 31 heavy (non-hydrogen) atoms. The number of nitrogens with one attached hydrogen (secondary N) is 4. The number of aromatic amines is 1. The zero-order valence-corrected chi connectivity index (χ0v) is 17.9. The second kappa shape index (κ2) is 10.9. The van der Waals surface area contributed by atoms with Crippen molar-refractivity contribution in [2.24, 2.45) is 5.10 Å². The fraction of sp³-hybridized carbons (Fsp3) is 0.200. The maximum Gasteiger partial charge on any atom is 0.240 e. The molecule has 0 unspecified atom stereocenters. The van der Waals surface area contributed by atoms with E-state index in [2.05, 4.69) is 41.3 Å². The van der Waals surface area contributed by atoms with Gasteiger partial charge < -0.3 is 10.6 Å². The molecule has 0 radical (unpaired) electrons. The van der Waals surface area contributed by atoms with Crippen molar-refractivity contribution >= 4 is 46.6 Å². The molecule has 2 heterocycles. The molecular formula is C20H22N8O2S. The lowest BCUT2D eigenvalue weighted by atomic mass is 10.2. The Morgan fingerprint density at radius 1 is 1.10 bits per heavy atom. The van der Waals surface area contributed by atoms with E-state index < -0.39 is 0 Å². The number of hydrogen-bond donors (Lipinski definition) is 4. The highest BCUT2D eigenvalue weighted by molar-refractivity contribution is 7.99. The second-order valence-corrected chi connectivity index (χ2v) is 7.46. The Morgan fingerprint density at radius 2 is 1.90 bits per heavy atom. The SMILES string of the molecule is CC(=O)Nc1cccc(NC(=O)CCSc2n[nH]c(N/N=C(/C)c3ccccn3)n2)c1. The summed E-state index contributed by atoms with van der Waals surface area (Å²) in [6.45, 7) is 3.27. The van der Waals surface area contributed by atoms with Gasteiger partial charge >= 0.3 is 0 Å². The number of anilines is 3. The van der Waals surface area contributed by atoms with Crippen LogP contribution in [0.15, 0.2) is 58.9 Å². The number of carbonyl (C=O) groups excluding carboxylic acids is 2. The summed E-state index contributed by atoms with van der Waals surface area (Å²) >= 11 is 1.35. The molecule has 160 valence electrons. The van der Waals surface area contributed by atoms with Crippen LogP contribution in [0, 0.1) is 0 Å². The van der Waals surface area contributed by atoms with E-state index in [-0.39, 0.29) is 18.2 Å². The van der Waals surface area contributed by atoms with Crippen molar-refractivity contribution in [2.75, 3.05) is 21.8 Å². The van der Waals surface area contributed by atoms with E-state index in [1.165, 1.54) is 18.7 Å². The molecule has 0 aliphatic heterocycles. The topological polar surface area (TPSA) is 137 Å². The molecule has 0 bridgehead atoms. The molecule has 10 nitrogen and oxygen atoms in total. The third-order valence-electron chi connectivity index (χ3n) is 3.86. The van der Waals surface area contributed by atoms with Crippen molar-refractivity contribution in [3.8, 4) is 0 Å². The Kier molecular flexibility index (Phi) is 7.71. The van der Waals surface area contributed by atoms with Crippen LogP contribution in [0.3, 0.4) is 0 Å². The van der Waals surface area contributed by atoms with Crippen molar-refractivity contribution < 1.29 is 9.59 Å². The van der Waals surface area contributed by atoms with E-state index in [1.54, 1.807) is 30.5 Å². The van der Waals surface area contributed by atoms with Crippen LogP contribution in [0.4, 0.5) is 17.3 Å². The Balaban J connectivity index is 1.43. The van der Waals surface area contributed by atoms with Gasteiger partial charge in [-0.2, -0.15) is 10.1 Å². The monoisotopic (exact) mass is 438 g/mol. The first-order valence-electron chi connectivity index (χ1n) is 9.44. The minimum atomic E-state index is -0.169. The molecule has 3 rings (SSSR count). The molecule has 0 aliphatic carbocycles. The van der Waals surface area contributed by atoms with Crippen LogP contribution in [0.1, 0.15) is 26.0 Å². The molecule has 0 saturated carbocycles. The van der Waals surface area contributed by atoms with Gasteiger partial charge in [0.15, 0.2) is 0 Å². The molecular weight excluding hydrogens is 416 g/mol. The number of H-pyrrole nitrogens is 1. The first kappa shape index (κ1) is 22.0. The van der Waals surface area contributed by atoms with Crippen molar-refractivity contribution in [3.63, 3.8) is 0 Å². The summed E-state index contributed by atoms with van der Waals surface area (Å²) in [7, 11) is 0. The molecule has 4 N–H and O–H groups in total. The minimum absolute atomic E-state index is 0.142. The van der Waals surface area contributed by atoms with Crippen LogP contribution >= 0.6 is 11.8 Å². The first-order chi connectivity index (χ1) is 15.0. The Bertz CT molecular complexity index is 1070. The van der Waals surface area contributed by atoms with Crippen LogP contribution in [-0.4, -0.2) is 43.4 Å². The lowest BCUT2D eigenvalue weighted by molar-refractivity contribution is -0.116. The number of hydrazone groups is 1. The Morgan fingerprint density at radius 3 is 2.65 bits per heavy atom. The number of rotatable bonds is 9. The van der Waals surface area contributed by atoms with Gasteiger partial charge in [0.1, 0.15) is 0 Å². The second-order valence-electron chi connectivity index (χ2n) is 6.40. The van der Waals surface area contributed by atoms with Crippen LogP contribution in [0.5, 0.6) is 0 Å². The van der Waals surface area contributed by atoms with Gasteiger partial charge in [-0.3, -0.25) is 14.6 Å². The van der Waals surface area contributed by atoms with Gasteiger partial charge in [0, 0.05) is 36.7 Å². The quantitative estimate of drug-likeness (QED) is 0.229. The van der Waals surface area contributed by atoms with Crippen molar-refractivity contribution in [2.45, 2.75) is 25.4 Å². The summed E-state index contributed by atoms with van der Waals surface area (Å²) in [5.74, 6) is 0.594. The van der Waals surface area contributed by atoms with Crippen LogP contribution in [0.2, 0.25) is 0 Å². The standard InChI is InChI=1S/C20H22N8O2S/c1-13(17-8-3-4-10-21-17)25-26-19-24-20(28-27-19)31-11-9-18(30)23-16-7-5-6-15(12-16)22-14(2)29/h3-8,10,12H,9,11H2,1-2H3,(H,22,29)(H,23,30)(H2,24,26,27,28)/b25-13-. The molecule has 0 fully saturated rings. The van der Waals surface area contributed by atoms with Crippen LogP contribution in [0.25, 0.3) is 0 Å². The summed E-state index contributed by atoms with van der Waals surface area (Å²) in [6, 6.07) is 12.6. The van der Waals surface area contributed by atoms with Gasteiger partial charge in [-0.1, -0.05) is 23.9 Å². The first-order valence-corrected chi connectivity index (χ1v) is 10.4. The Labute approximate surface area is 183 Å². The molecule has 0 aliphatic rings. The molecule has 0 saturated heterocycles. The number of hydrogen-bond acceptors (Lipinski definition) is 8. The average Bonchev–Trinajstić information content (AvgIpc) is 3.20. The molecule has 1 aromatic carbocycles. The Hall–Kier alpha value is -3.73. The summed E-state index contributed by atoms with van der Waals surface area (Å²) < 4.78 is 0. The molecule has 3 aromatic rings. The van der Waals surface area contributed by atoms with Crippen LogP contribution < -0.4 is 16.1 Å². The lowest BCUT2D eigenvalue weighted by Gasteiger charge is -2.07. The maximum atomic E-state index is 12.2. The van der Waals surface area contributed by atoms with E-state index in [1.807, 2.05) is 25.1 Å². The summed E-state index contributed by atoms with van der Waals surface area (Å²) in [4.78, 5) is 31.8. The van der Waals surface area contributed by atoms with Gasteiger partial charge in [0.25, 0.3) is 0 Å². The normalized spacial score (nSPS) is 11.1. The molecule has 0 spiro atoms. The molecule has 0 atom stereocenters. The van der Waals surface area contributed by atoms with Gasteiger partial charge in [-0.05, 0) is 37.3 Å². The number of nitrogens with zero attached hydrogens (tertiary/aromatic N) is 4. The number of pyridine rings is 1. The summed E-state index contributed by atoms with van der Waals surface area (Å²) in [5, 5.41) is 17.1.